The summed E-state index contributed by atoms with van der Waals surface area (Å²) < 4.78 is 7.52. The first-order valence-electron chi connectivity index (χ1n) is 8.82. The Morgan fingerprint density at radius 2 is 1.89 bits per heavy atom. The lowest BCUT2D eigenvalue weighted by atomic mass is 10.1. The second-order valence-electron chi connectivity index (χ2n) is 6.23. The summed E-state index contributed by atoms with van der Waals surface area (Å²) in [7, 11) is 0. The average Bonchev–Trinajstić information content (AvgIpc) is 3.20. The van der Waals surface area contributed by atoms with Crippen LogP contribution in [-0.2, 0) is 6.54 Å². The van der Waals surface area contributed by atoms with Gasteiger partial charge >= 0.3 is 0 Å². The van der Waals surface area contributed by atoms with E-state index in [9.17, 15) is 4.79 Å². The van der Waals surface area contributed by atoms with E-state index in [0.29, 0.717) is 16.8 Å². The van der Waals surface area contributed by atoms with Gasteiger partial charge in [-0.3, -0.25) is 4.79 Å². The summed E-state index contributed by atoms with van der Waals surface area (Å²) in [5.74, 6) is 0.729. The number of hydrogen-bond donors (Lipinski definition) is 0. The summed E-state index contributed by atoms with van der Waals surface area (Å²) >= 11 is 1.68. The van der Waals surface area contributed by atoms with Crippen LogP contribution in [0.3, 0.4) is 0 Å². The van der Waals surface area contributed by atoms with Crippen LogP contribution in [0.2, 0.25) is 0 Å². The van der Waals surface area contributed by atoms with Crippen molar-refractivity contribution in [1.82, 2.24) is 14.7 Å². The Hall–Kier alpha value is -2.86. The molecule has 0 saturated heterocycles. The first-order chi connectivity index (χ1) is 13.2. The van der Waals surface area contributed by atoms with Crippen molar-refractivity contribution in [2.75, 3.05) is 6.26 Å². The van der Waals surface area contributed by atoms with Crippen LogP contribution in [0, 0.1) is 0 Å². The highest BCUT2D eigenvalue weighted by Crippen LogP contribution is 2.24. The molecule has 0 saturated carbocycles. The molecule has 0 fully saturated rings. The first-order valence-corrected chi connectivity index (χ1v) is 10.0. The van der Waals surface area contributed by atoms with Gasteiger partial charge in [0.15, 0.2) is 0 Å². The van der Waals surface area contributed by atoms with Crippen LogP contribution in [0.5, 0.6) is 0 Å². The lowest BCUT2D eigenvalue weighted by Crippen LogP contribution is -2.12. The fourth-order valence-corrected chi connectivity index (χ4v) is 3.52. The molecule has 2 aromatic carbocycles. The van der Waals surface area contributed by atoms with Gasteiger partial charge in [-0.05, 0) is 49.1 Å². The van der Waals surface area contributed by atoms with Crippen molar-refractivity contribution in [3.05, 3.63) is 65.0 Å². The standard InChI is InChI=1S/C21H19N3O2S/c1-3-12-24-13-17(19(25)16-6-4-5-7-18(16)24)21-22-20(23-26-21)14-8-10-15(27-2)11-9-14/h4-11,13H,3,12H2,1-2H3. The van der Waals surface area contributed by atoms with Gasteiger partial charge in [0.2, 0.25) is 11.3 Å². The summed E-state index contributed by atoms with van der Waals surface area (Å²) in [4.78, 5) is 18.6. The van der Waals surface area contributed by atoms with E-state index in [4.69, 9.17) is 4.52 Å². The van der Waals surface area contributed by atoms with Crippen LogP contribution in [0.15, 0.2) is 68.9 Å². The smallest absolute Gasteiger partial charge is 0.263 e. The zero-order chi connectivity index (χ0) is 18.8. The Bertz CT molecular complexity index is 1150. The van der Waals surface area contributed by atoms with Gasteiger partial charge in [-0.25, -0.2) is 0 Å². The van der Waals surface area contributed by atoms with Crippen LogP contribution >= 0.6 is 11.8 Å². The van der Waals surface area contributed by atoms with E-state index in [1.54, 1.807) is 11.8 Å². The van der Waals surface area contributed by atoms with Gasteiger partial charge in [0.25, 0.3) is 5.89 Å². The summed E-state index contributed by atoms with van der Waals surface area (Å²) in [6.07, 6.45) is 4.81. The average molecular weight is 377 g/mol. The Balaban J connectivity index is 1.81. The molecule has 27 heavy (non-hydrogen) atoms. The number of rotatable bonds is 5. The maximum atomic E-state index is 13.0. The molecule has 2 aromatic heterocycles. The molecule has 0 aliphatic heterocycles. The minimum atomic E-state index is -0.0918. The van der Waals surface area contributed by atoms with Gasteiger partial charge in [0, 0.05) is 28.6 Å². The van der Waals surface area contributed by atoms with E-state index in [0.717, 1.165) is 24.0 Å². The third-order valence-corrected chi connectivity index (χ3v) is 5.20. The number of fused-ring (bicyclic) bond motifs is 1. The van der Waals surface area contributed by atoms with Crippen molar-refractivity contribution in [2.24, 2.45) is 0 Å². The molecule has 0 N–H and O–H groups in total. The molecule has 0 unspecified atom stereocenters. The molecule has 6 heteroatoms. The van der Waals surface area contributed by atoms with Crippen molar-refractivity contribution in [3.63, 3.8) is 0 Å². The number of hydrogen-bond acceptors (Lipinski definition) is 5. The summed E-state index contributed by atoms with van der Waals surface area (Å²) in [5.41, 5.74) is 2.12. The second-order valence-corrected chi connectivity index (χ2v) is 7.11. The van der Waals surface area contributed by atoms with Gasteiger partial charge < -0.3 is 9.09 Å². The van der Waals surface area contributed by atoms with E-state index >= 15 is 0 Å². The van der Waals surface area contributed by atoms with Crippen LogP contribution in [-0.4, -0.2) is 21.0 Å². The monoisotopic (exact) mass is 377 g/mol. The molecule has 0 atom stereocenters. The van der Waals surface area contributed by atoms with E-state index in [2.05, 4.69) is 21.6 Å². The minimum absolute atomic E-state index is 0.0918. The third kappa shape index (κ3) is 3.28. The molecule has 2 heterocycles. The quantitative estimate of drug-likeness (QED) is 0.465. The lowest BCUT2D eigenvalue weighted by molar-refractivity contribution is 0.431. The van der Waals surface area contributed by atoms with Crippen molar-refractivity contribution >= 4 is 22.7 Å². The molecule has 0 aliphatic carbocycles. The molecule has 4 rings (SSSR count). The topological polar surface area (TPSA) is 60.9 Å². The summed E-state index contributed by atoms with van der Waals surface area (Å²) in [6.45, 7) is 2.92. The number of aryl methyl sites for hydroxylation is 1. The van der Waals surface area contributed by atoms with Crippen LogP contribution in [0.25, 0.3) is 33.7 Å². The van der Waals surface area contributed by atoms with E-state index in [1.165, 1.54) is 4.90 Å². The van der Waals surface area contributed by atoms with E-state index in [-0.39, 0.29) is 11.3 Å². The van der Waals surface area contributed by atoms with Crippen molar-refractivity contribution < 1.29 is 4.52 Å². The maximum Gasteiger partial charge on any atom is 0.263 e. The second kappa shape index (κ2) is 7.40. The van der Waals surface area contributed by atoms with E-state index < -0.39 is 0 Å². The highest BCUT2D eigenvalue weighted by molar-refractivity contribution is 7.98. The maximum absolute atomic E-state index is 13.0. The summed E-state index contributed by atoms with van der Waals surface area (Å²) in [5, 5.41) is 4.73. The van der Waals surface area contributed by atoms with Crippen molar-refractivity contribution in [2.45, 2.75) is 24.8 Å². The molecule has 0 spiro atoms. The molecule has 0 aliphatic rings. The van der Waals surface area contributed by atoms with Gasteiger partial charge in [-0.1, -0.05) is 24.2 Å². The Kier molecular flexibility index (Phi) is 4.81. The predicted octanol–water partition coefficient (Wildman–Crippen LogP) is 4.85. The van der Waals surface area contributed by atoms with Crippen molar-refractivity contribution in [1.29, 1.82) is 0 Å². The number of aromatic nitrogens is 3. The molecule has 4 aromatic rings. The number of para-hydroxylation sites is 1. The largest absolute Gasteiger partial charge is 0.346 e. The Labute approximate surface area is 161 Å². The fourth-order valence-electron chi connectivity index (χ4n) is 3.11. The number of thioether (sulfide) groups is 1. The number of benzene rings is 2. The normalized spacial score (nSPS) is 11.2. The first kappa shape index (κ1) is 17.5. The zero-order valence-corrected chi connectivity index (χ0v) is 16.0. The molecule has 0 amide bonds. The molecule has 0 radical (unpaired) electrons. The molecule has 136 valence electrons. The number of pyridine rings is 1. The van der Waals surface area contributed by atoms with Gasteiger partial charge in [0.05, 0.1) is 5.52 Å². The van der Waals surface area contributed by atoms with Crippen LogP contribution in [0.4, 0.5) is 0 Å². The van der Waals surface area contributed by atoms with Gasteiger partial charge in [-0.15, -0.1) is 11.8 Å². The van der Waals surface area contributed by atoms with Gasteiger partial charge in [-0.2, -0.15) is 4.98 Å². The summed E-state index contributed by atoms with van der Waals surface area (Å²) in [6, 6.07) is 15.6. The Morgan fingerprint density at radius 1 is 1.11 bits per heavy atom. The van der Waals surface area contributed by atoms with E-state index in [1.807, 2.05) is 61.0 Å². The number of nitrogens with zero attached hydrogens (tertiary/aromatic N) is 3. The highest BCUT2D eigenvalue weighted by atomic mass is 32.2. The minimum Gasteiger partial charge on any atom is -0.346 e. The highest BCUT2D eigenvalue weighted by Gasteiger charge is 2.17. The molecular weight excluding hydrogens is 358 g/mol. The van der Waals surface area contributed by atoms with Crippen LogP contribution in [0.1, 0.15) is 13.3 Å². The molecule has 5 nitrogen and oxygen atoms in total. The Morgan fingerprint density at radius 3 is 2.63 bits per heavy atom. The van der Waals surface area contributed by atoms with Crippen molar-refractivity contribution in [3.8, 4) is 22.8 Å². The lowest BCUT2D eigenvalue weighted by Gasteiger charge is -2.10. The van der Waals surface area contributed by atoms with Crippen LogP contribution < -0.4 is 5.43 Å². The molecular formula is C21H19N3O2S. The third-order valence-electron chi connectivity index (χ3n) is 4.46. The zero-order valence-electron chi connectivity index (χ0n) is 15.2. The SMILES string of the molecule is CCCn1cc(-c2nc(-c3ccc(SC)cc3)no2)c(=O)c2ccccc21. The molecule has 0 bridgehead atoms. The van der Waals surface area contributed by atoms with Gasteiger partial charge in [0.1, 0.15) is 5.56 Å². The predicted molar refractivity (Wildman–Crippen MR) is 109 cm³/mol. The fraction of sp³-hybridized carbons (Fsp3) is 0.190.